The normalized spacial score (nSPS) is 28.0. The molecule has 5 nitrogen and oxygen atoms in total. The molecule has 2 aliphatic rings. The Morgan fingerprint density at radius 1 is 1.38 bits per heavy atom. The van der Waals surface area contributed by atoms with E-state index in [1.807, 2.05) is 18.2 Å². The van der Waals surface area contributed by atoms with Crippen molar-refractivity contribution in [3.05, 3.63) is 35.4 Å². The van der Waals surface area contributed by atoms with Crippen LogP contribution in [0.15, 0.2) is 24.3 Å². The van der Waals surface area contributed by atoms with Crippen molar-refractivity contribution in [1.29, 1.82) is 0 Å². The van der Waals surface area contributed by atoms with Crippen LogP contribution >= 0.6 is 0 Å². The molecular weight excluding hydrogens is 304 g/mol. The van der Waals surface area contributed by atoms with Crippen LogP contribution in [0.3, 0.4) is 0 Å². The summed E-state index contributed by atoms with van der Waals surface area (Å²) < 4.78 is 5.69. The average molecular weight is 332 g/mol. The first-order valence-corrected chi connectivity index (χ1v) is 8.86. The minimum Gasteiger partial charge on any atom is -0.393 e. The molecule has 1 amide bonds. The quantitative estimate of drug-likeness (QED) is 0.913. The summed E-state index contributed by atoms with van der Waals surface area (Å²) >= 11 is 0. The zero-order valence-corrected chi connectivity index (χ0v) is 14.6. The van der Waals surface area contributed by atoms with Gasteiger partial charge in [-0.25, -0.2) is 0 Å². The number of aliphatic hydroxyl groups excluding tert-OH is 1. The second-order valence-corrected chi connectivity index (χ2v) is 7.17. The second-order valence-electron chi connectivity index (χ2n) is 7.17. The van der Waals surface area contributed by atoms with Crippen molar-refractivity contribution in [2.45, 2.75) is 38.0 Å². The van der Waals surface area contributed by atoms with E-state index < -0.39 is 0 Å². The number of amides is 1. The summed E-state index contributed by atoms with van der Waals surface area (Å²) in [6, 6.07) is 8.14. The van der Waals surface area contributed by atoms with Crippen LogP contribution in [0.2, 0.25) is 0 Å². The minimum atomic E-state index is -0.208. The molecule has 24 heavy (non-hydrogen) atoms. The Bertz CT molecular complexity index is 575. The number of benzene rings is 1. The van der Waals surface area contributed by atoms with E-state index in [2.05, 4.69) is 11.0 Å². The van der Waals surface area contributed by atoms with Crippen LogP contribution in [0.1, 0.15) is 35.2 Å². The molecule has 2 fully saturated rings. The molecule has 1 aromatic carbocycles. The smallest absolute Gasteiger partial charge is 0.253 e. The molecule has 1 aromatic rings. The van der Waals surface area contributed by atoms with Crippen molar-refractivity contribution >= 4 is 5.91 Å². The molecule has 0 radical (unpaired) electrons. The number of ether oxygens (including phenoxy) is 1. The predicted molar refractivity (Wildman–Crippen MR) is 92.8 cm³/mol. The minimum absolute atomic E-state index is 0.0293. The van der Waals surface area contributed by atoms with Crippen molar-refractivity contribution < 1.29 is 14.6 Å². The molecule has 1 saturated carbocycles. The number of aliphatic hydroxyl groups is 1. The predicted octanol–water partition coefficient (Wildman–Crippen LogP) is 1.75. The van der Waals surface area contributed by atoms with Crippen molar-refractivity contribution in [2.24, 2.45) is 5.92 Å². The molecule has 1 aliphatic heterocycles. The maximum absolute atomic E-state index is 12.2. The number of carbonyl (C=O) groups is 1. The summed E-state index contributed by atoms with van der Waals surface area (Å²) in [7, 11) is 3.54. The molecule has 3 atom stereocenters. The molecule has 5 heteroatoms. The molecule has 1 N–H and O–H groups in total. The maximum atomic E-state index is 12.2. The summed E-state index contributed by atoms with van der Waals surface area (Å²) in [4.78, 5) is 16.2. The van der Waals surface area contributed by atoms with Crippen LogP contribution in [-0.4, -0.2) is 66.8 Å². The standard InChI is InChI=1S/C19H28N2O3/c1-20(2)19(23)15-6-3-5-14(11-15)12-21-9-10-24-13-17(21)16-7-4-8-18(16)22/h3,5-6,11,16-18,22H,4,7-10,12-13H2,1-2H3/t16-,17+,18+/m0/s1. The SMILES string of the molecule is CN(C)C(=O)c1cccc(CN2CCOC[C@@H]2[C@@H]2CCC[C@H]2O)c1. The van der Waals surface area contributed by atoms with Gasteiger partial charge in [0.05, 0.1) is 19.3 Å². The van der Waals surface area contributed by atoms with Gasteiger partial charge in [0, 0.05) is 44.7 Å². The number of rotatable bonds is 4. The van der Waals surface area contributed by atoms with Gasteiger partial charge in [0.15, 0.2) is 0 Å². The van der Waals surface area contributed by atoms with E-state index in [9.17, 15) is 9.90 Å². The van der Waals surface area contributed by atoms with Crippen LogP contribution in [-0.2, 0) is 11.3 Å². The third kappa shape index (κ3) is 3.79. The third-order valence-corrected chi connectivity index (χ3v) is 5.27. The van der Waals surface area contributed by atoms with E-state index in [1.165, 1.54) is 0 Å². The lowest BCUT2D eigenvalue weighted by atomic mass is 9.93. The summed E-state index contributed by atoms with van der Waals surface area (Å²) in [5.41, 5.74) is 1.87. The highest BCUT2D eigenvalue weighted by Crippen LogP contribution is 2.32. The maximum Gasteiger partial charge on any atom is 0.253 e. The Kier molecular flexibility index (Phi) is 5.54. The molecule has 1 aliphatic carbocycles. The van der Waals surface area contributed by atoms with E-state index >= 15 is 0 Å². The largest absolute Gasteiger partial charge is 0.393 e. The van der Waals surface area contributed by atoms with Crippen LogP contribution in [0.5, 0.6) is 0 Å². The van der Waals surface area contributed by atoms with Crippen LogP contribution in [0.4, 0.5) is 0 Å². The van der Waals surface area contributed by atoms with Gasteiger partial charge in [-0.2, -0.15) is 0 Å². The van der Waals surface area contributed by atoms with Gasteiger partial charge in [-0.15, -0.1) is 0 Å². The Morgan fingerprint density at radius 2 is 2.21 bits per heavy atom. The number of nitrogens with zero attached hydrogens (tertiary/aromatic N) is 2. The van der Waals surface area contributed by atoms with E-state index in [1.54, 1.807) is 19.0 Å². The van der Waals surface area contributed by atoms with E-state index in [4.69, 9.17) is 4.74 Å². The van der Waals surface area contributed by atoms with E-state index in [0.717, 1.165) is 50.1 Å². The first kappa shape index (κ1) is 17.4. The van der Waals surface area contributed by atoms with Gasteiger partial charge >= 0.3 is 0 Å². The van der Waals surface area contributed by atoms with Crippen LogP contribution in [0, 0.1) is 5.92 Å². The Balaban J connectivity index is 1.73. The fraction of sp³-hybridized carbons (Fsp3) is 0.632. The average Bonchev–Trinajstić information content (AvgIpc) is 3.01. The summed E-state index contributed by atoms with van der Waals surface area (Å²) in [6.45, 7) is 3.10. The lowest BCUT2D eigenvalue weighted by Crippen LogP contribution is -2.50. The van der Waals surface area contributed by atoms with Crippen molar-refractivity contribution in [3.63, 3.8) is 0 Å². The van der Waals surface area contributed by atoms with Gasteiger partial charge in [0.1, 0.15) is 0 Å². The molecule has 3 rings (SSSR count). The highest BCUT2D eigenvalue weighted by Gasteiger charge is 2.37. The van der Waals surface area contributed by atoms with Gasteiger partial charge in [-0.1, -0.05) is 18.6 Å². The van der Waals surface area contributed by atoms with Crippen molar-refractivity contribution in [2.75, 3.05) is 33.9 Å². The van der Waals surface area contributed by atoms with Crippen molar-refractivity contribution in [3.8, 4) is 0 Å². The van der Waals surface area contributed by atoms with Crippen LogP contribution in [0.25, 0.3) is 0 Å². The zero-order chi connectivity index (χ0) is 17.1. The zero-order valence-electron chi connectivity index (χ0n) is 14.6. The van der Waals surface area contributed by atoms with E-state index in [0.29, 0.717) is 12.5 Å². The molecule has 1 heterocycles. The molecule has 0 spiro atoms. The highest BCUT2D eigenvalue weighted by atomic mass is 16.5. The van der Waals surface area contributed by atoms with E-state index in [-0.39, 0.29) is 18.1 Å². The lowest BCUT2D eigenvalue weighted by Gasteiger charge is -2.40. The Labute approximate surface area is 144 Å². The second kappa shape index (κ2) is 7.64. The van der Waals surface area contributed by atoms with Gasteiger partial charge in [0.25, 0.3) is 5.91 Å². The topological polar surface area (TPSA) is 53.0 Å². The van der Waals surface area contributed by atoms with Crippen LogP contribution < -0.4 is 0 Å². The third-order valence-electron chi connectivity index (χ3n) is 5.27. The van der Waals surface area contributed by atoms with Gasteiger partial charge in [-0.05, 0) is 30.5 Å². The number of hydrogen-bond acceptors (Lipinski definition) is 4. The molecule has 0 bridgehead atoms. The monoisotopic (exact) mass is 332 g/mol. The van der Waals surface area contributed by atoms with Crippen molar-refractivity contribution in [1.82, 2.24) is 9.80 Å². The Hall–Kier alpha value is -1.43. The van der Waals surface area contributed by atoms with Gasteiger partial charge < -0.3 is 14.7 Å². The van der Waals surface area contributed by atoms with Gasteiger partial charge in [0.2, 0.25) is 0 Å². The first-order chi connectivity index (χ1) is 11.6. The molecule has 1 saturated heterocycles. The molecular formula is C19H28N2O3. The first-order valence-electron chi connectivity index (χ1n) is 8.86. The molecule has 0 aromatic heterocycles. The molecule has 132 valence electrons. The Morgan fingerprint density at radius 3 is 2.92 bits per heavy atom. The fourth-order valence-corrected chi connectivity index (χ4v) is 3.96. The van der Waals surface area contributed by atoms with Gasteiger partial charge in [-0.3, -0.25) is 9.69 Å². The lowest BCUT2D eigenvalue weighted by molar-refractivity contribution is -0.0536. The highest BCUT2D eigenvalue weighted by molar-refractivity contribution is 5.94. The number of morpholine rings is 1. The summed E-state index contributed by atoms with van der Waals surface area (Å²) in [6.07, 6.45) is 2.87. The summed E-state index contributed by atoms with van der Waals surface area (Å²) in [5, 5.41) is 10.3. The fourth-order valence-electron chi connectivity index (χ4n) is 3.96. The number of hydrogen-bond donors (Lipinski definition) is 1. The summed E-state index contributed by atoms with van der Waals surface area (Å²) in [5.74, 6) is 0.332. The molecule has 0 unspecified atom stereocenters. The number of carbonyl (C=O) groups excluding carboxylic acids is 1.